The van der Waals surface area contributed by atoms with Crippen LogP contribution < -0.4 is 9.47 Å². The first-order valence-electron chi connectivity index (χ1n) is 12.5. The SMILES string of the molecule is CCOC(=O)[C@H]1CCCN(CC(=O)N2N=C(c3cccc(C)c3)C[C@H]2c2ccc(OC)cc2OC)C1. The molecule has 4 rings (SSSR count). The Hall–Kier alpha value is -3.39. The standard InChI is InChI=1S/C28H35N3O5/c1-5-36-28(33)21-10-7-13-30(17-21)18-27(32)31-25(23-12-11-22(34-3)15-26(23)35-4)16-24(29-31)20-9-6-8-19(2)14-20/h6,8-9,11-12,14-15,21,25H,5,7,10,13,16-18H2,1-4H3/t21-,25-/m0/s1. The highest BCUT2D eigenvalue weighted by atomic mass is 16.5. The number of amides is 1. The monoisotopic (exact) mass is 493 g/mol. The maximum atomic E-state index is 13.7. The number of likely N-dealkylation sites (tertiary alicyclic amines) is 1. The van der Waals surface area contributed by atoms with Gasteiger partial charge in [-0.05, 0) is 50.9 Å². The third kappa shape index (κ3) is 5.70. The zero-order valence-corrected chi connectivity index (χ0v) is 21.5. The molecule has 36 heavy (non-hydrogen) atoms. The van der Waals surface area contributed by atoms with Crippen LogP contribution in [0.3, 0.4) is 0 Å². The summed E-state index contributed by atoms with van der Waals surface area (Å²) in [4.78, 5) is 28.0. The van der Waals surface area contributed by atoms with Crippen LogP contribution in [0.1, 0.15) is 48.9 Å². The maximum absolute atomic E-state index is 13.7. The smallest absolute Gasteiger partial charge is 0.310 e. The van der Waals surface area contributed by atoms with Gasteiger partial charge >= 0.3 is 5.97 Å². The molecule has 1 amide bonds. The zero-order chi connectivity index (χ0) is 25.7. The maximum Gasteiger partial charge on any atom is 0.310 e. The van der Waals surface area contributed by atoms with Crippen LogP contribution in [-0.2, 0) is 14.3 Å². The van der Waals surface area contributed by atoms with Gasteiger partial charge in [-0.3, -0.25) is 14.5 Å². The fraction of sp³-hybridized carbons (Fsp3) is 0.464. The summed E-state index contributed by atoms with van der Waals surface area (Å²) in [5.41, 5.74) is 3.87. The van der Waals surface area contributed by atoms with E-state index in [-0.39, 0.29) is 30.4 Å². The number of carbonyl (C=O) groups excluding carboxylic acids is 2. The summed E-state index contributed by atoms with van der Waals surface area (Å²) in [6.07, 6.45) is 2.21. The largest absolute Gasteiger partial charge is 0.497 e. The molecule has 2 aromatic rings. The van der Waals surface area contributed by atoms with Crippen molar-refractivity contribution in [1.82, 2.24) is 9.91 Å². The van der Waals surface area contributed by atoms with Gasteiger partial charge in [-0.15, -0.1) is 0 Å². The summed E-state index contributed by atoms with van der Waals surface area (Å²) >= 11 is 0. The second-order valence-corrected chi connectivity index (χ2v) is 9.31. The van der Waals surface area contributed by atoms with E-state index in [1.54, 1.807) is 19.2 Å². The molecule has 2 aliphatic heterocycles. The van der Waals surface area contributed by atoms with E-state index in [4.69, 9.17) is 19.3 Å². The van der Waals surface area contributed by atoms with Crippen LogP contribution in [0.25, 0.3) is 0 Å². The predicted molar refractivity (Wildman–Crippen MR) is 137 cm³/mol. The Labute approximate surface area is 212 Å². The highest BCUT2D eigenvalue weighted by Gasteiger charge is 2.36. The van der Waals surface area contributed by atoms with Gasteiger partial charge in [0.05, 0.1) is 45.0 Å². The Morgan fingerprint density at radius 3 is 2.67 bits per heavy atom. The Balaban J connectivity index is 1.60. The lowest BCUT2D eigenvalue weighted by Crippen LogP contribution is -2.44. The summed E-state index contributed by atoms with van der Waals surface area (Å²) in [5.74, 6) is 0.846. The molecule has 1 saturated heterocycles. The van der Waals surface area contributed by atoms with Gasteiger partial charge in [-0.25, -0.2) is 5.01 Å². The molecule has 8 nitrogen and oxygen atoms in total. The van der Waals surface area contributed by atoms with Crippen molar-refractivity contribution >= 4 is 17.6 Å². The van der Waals surface area contributed by atoms with Crippen molar-refractivity contribution < 1.29 is 23.8 Å². The van der Waals surface area contributed by atoms with E-state index in [0.717, 1.165) is 41.8 Å². The fourth-order valence-corrected chi connectivity index (χ4v) is 4.99. The summed E-state index contributed by atoms with van der Waals surface area (Å²) in [6.45, 7) is 5.69. The number of hydrogen-bond acceptors (Lipinski definition) is 7. The third-order valence-corrected chi connectivity index (χ3v) is 6.80. The molecule has 2 atom stereocenters. The molecule has 0 radical (unpaired) electrons. The van der Waals surface area contributed by atoms with Crippen LogP contribution in [-0.4, -0.2) is 68.0 Å². The molecule has 0 N–H and O–H groups in total. The number of piperidine rings is 1. The molecule has 8 heteroatoms. The van der Waals surface area contributed by atoms with E-state index in [2.05, 4.69) is 6.07 Å². The van der Waals surface area contributed by atoms with Crippen molar-refractivity contribution in [3.8, 4) is 11.5 Å². The van der Waals surface area contributed by atoms with Gasteiger partial charge in [-0.2, -0.15) is 5.10 Å². The minimum absolute atomic E-state index is 0.106. The molecular weight excluding hydrogens is 458 g/mol. The molecular formula is C28H35N3O5. The minimum atomic E-state index is -0.306. The van der Waals surface area contributed by atoms with Crippen LogP contribution in [0.5, 0.6) is 11.5 Å². The van der Waals surface area contributed by atoms with Crippen LogP contribution >= 0.6 is 0 Å². The highest BCUT2D eigenvalue weighted by Crippen LogP contribution is 2.39. The van der Waals surface area contributed by atoms with Crippen molar-refractivity contribution in [3.63, 3.8) is 0 Å². The quantitative estimate of drug-likeness (QED) is 0.518. The summed E-state index contributed by atoms with van der Waals surface area (Å²) in [6, 6.07) is 13.5. The van der Waals surface area contributed by atoms with Crippen molar-refractivity contribution in [2.45, 2.75) is 39.2 Å². The van der Waals surface area contributed by atoms with Gasteiger partial charge < -0.3 is 14.2 Å². The first-order chi connectivity index (χ1) is 17.4. The van der Waals surface area contributed by atoms with E-state index in [9.17, 15) is 9.59 Å². The highest BCUT2D eigenvalue weighted by molar-refractivity contribution is 6.03. The lowest BCUT2D eigenvalue weighted by atomic mass is 9.96. The van der Waals surface area contributed by atoms with Crippen LogP contribution in [0.15, 0.2) is 47.6 Å². The summed E-state index contributed by atoms with van der Waals surface area (Å²) in [7, 11) is 3.23. The minimum Gasteiger partial charge on any atom is -0.497 e. The average molecular weight is 494 g/mol. The molecule has 0 spiro atoms. The van der Waals surface area contributed by atoms with Gasteiger partial charge in [0.1, 0.15) is 11.5 Å². The lowest BCUT2D eigenvalue weighted by Gasteiger charge is -2.32. The van der Waals surface area contributed by atoms with Gasteiger partial charge in [0.25, 0.3) is 5.91 Å². The molecule has 2 aliphatic rings. The molecule has 0 bridgehead atoms. The predicted octanol–water partition coefficient (Wildman–Crippen LogP) is 3.97. The van der Waals surface area contributed by atoms with Crippen molar-refractivity contribution in [1.29, 1.82) is 0 Å². The number of hydrazone groups is 1. The molecule has 192 valence electrons. The fourth-order valence-electron chi connectivity index (χ4n) is 4.99. The molecule has 0 unspecified atom stereocenters. The number of hydrogen-bond donors (Lipinski definition) is 0. The Bertz CT molecular complexity index is 1130. The van der Waals surface area contributed by atoms with E-state index in [1.807, 2.05) is 55.1 Å². The lowest BCUT2D eigenvalue weighted by molar-refractivity contribution is -0.150. The number of carbonyl (C=O) groups is 2. The first-order valence-corrected chi connectivity index (χ1v) is 12.5. The van der Waals surface area contributed by atoms with E-state index in [0.29, 0.717) is 31.1 Å². The first kappa shape index (κ1) is 25.7. The normalized spacial score (nSPS) is 20.1. The molecule has 1 fully saturated rings. The number of rotatable bonds is 8. The molecule has 2 heterocycles. The van der Waals surface area contributed by atoms with Crippen LogP contribution in [0.4, 0.5) is 0 Å². The topological polar surface area (TPSA) is 80.7 Å². The number of ether oxygens (including phenoxy) is 3. The Morgan fingerprint density at radius 1 is 1.11 bits per heavy atom. The van der Waals surface area contributed by atoms with Gasteiger partial charge in [-0.1, -0.05) is 29.8 Å². The molecule has 0 saturated carbocycles. The van der Waals surface area contributed by atoms with Gasteiger partial charge in [0.2, 0.25) is 0 Å². The molecule has 2 aromatic carbocycles. The van der Waals surface area contributed by atoms with E-state index >= 15 is 0 Å². The second-order valence-electron chi connectivity index (χ2n) is 9.31. The third-order valence-electron chi connectivity index (χ3n) is 6.80. The van der Waals surface area contributed by atoms with Crippen molar-refractivity contribution in [2.75, 3.05) is 40.5 Å². The van der Waals surface area contributed by atoms with Crippen molar-refractivity contribution in [3.05, 3.63) is 59.2 Å². The summed E-state index contributed by atoms with van der Waals surface area (Å²) < 4.78 is 16.3. The zero-order valence-electron chi connectivity index (χ0n) is 21.5. The Morgan fingerprint density at radius 2 is 1.94 bits per heavy atom. The number of methoxy groups -OCH3 is 2. The number of nitrogens with zero attached hydrogens (tertiary/aromatic N) is 3. The van der Waals surface area contributed by atoms with Gasteiger partial charge in [0.15, 0.2) is 0 Å². The van der Waals surface area contributed by atoms with Crippen LogP contribution in [0, 0.1) is 12.8 Å². The number of benzene rings is 2. The number of esters is 1. The van der Waals surface area contributed by atoms with E-state index in [1.165, 1.54) is 0 Å². The second kappa shape index (κ2) is 11.6. The Kier molecular flexibility index (Phi) is 8.25. The molecule has 0 aromatic heterocycles. The number of aryl methyl sites for hydroxylation is 1. The van der Waals surface area contributed by atoms with Crippen LogP contribution in [0.2, 0.25) is 0 Å². The van der Waals surface area contributed by atoms with E-state index < -0.39 is 0 Å². The summed E-state index contributed by atoms with van der Waals surface area (Å²) in [5, 5.41) is 6.41. The van der Waals surface area contributed by atoms with Crippen molar-refractivity contribution in [2.24, 2.45) is 11.0 Å². The van der Waals surface area contributed by atoms with Gasteiger partial charge in [0, 0.05) is 24.6 Å². The molecule has 0 aliphatic carbocycles. The average Bonchev–Trinajstić information content (AvgIpc) is 3.34.